The number of amides is 2. The zero-order valence-electron chi connectivity index (χ0n) is 12.2. The number of hydrogen-bond donors (Lipinski definition) is 2. The summed E-state index contributed by atoms with van der Waals surface area (Å²) in [6, 6.07) is 11.7. The van der Waals surface area contributed by atoms with Crippen LogP contribution in [0.5, 0.6) is 0 Å². The average molecular weight is 385 g/mol. The normalized spacial score (nSPS) is 10.6. The summed E-state index contributed by atoms with van der Waals surface area (Å²) in [4.78, 5) is 23.3. The first-order valence-corrected chi connectivity index (χ1v) is 7.90. The van der Waals surface area contributed by atoms with E-state index >= 15 is 0 Å². The fourth-order valence-electron chi connectivity index (χ4n) is 1.68. The van der Waals surface area contributed by atoms with E-state index in [0.717, 1.165) is 5.56 Å². The first kappa shape index (κ1) is 18.3. The second-order valence-corrected chi connectivity index (χ2v) is 5.95. The van der Waals surface area contributed by atoms with Crippen LogP contribution < -0.4 is 10.7 Å². The molecule has 0 atom stereocenters. The van der Waals surface area contributed by atoms with Gasteiger partial charge in [0.05, 0.1) is 11.2 Å². The maximum atomic E-state index is 11.7. The Balaban J connectivity index is 1.84. The van der Waals surface area contributed by atoms with E-state index < -0.39 is 11.8 Å². The summed E-state index contributed by atoms with van der Waals surface area (Å²) in [5, 5.41) is 7.63. The number of hydrogen-bond acceptors (Lipinski definition) is 3. The molecule has 2 N–H and O–H groups in total. The quantitative estimate of drug-likeness (QED) is 0.482. The van der Waals surface area contributed by atoms with Crippen molar-refractivity contribution >= 4 is 52.8 Å². The van der Waals surface area contributed by atoms with Crippen LogP contribution in [0.2, 0.25) is 15.1 Å². The summed E-state index contributed by atoms with van der Waals surface area (Å²) in [6.45, 7) is 0.205. The third-order valence-corrected chi connectivity index (χ3v) is 3.72. The van der Waals surface area contributed by atoms with Gasteiger partial charge in [0.2, 0.25) is 0 Å². The van der Waals surface area contributed by atoms with Crippen LogP contribution in [0.25, 0.3) is 0 Å². The second kappa shape index (κ2) is 8.68. The van der Waals surface area contributed by atoms with E-state index in [-0.39, 0.29) is 6.54 Å². The van der Waals surface area contributed by atoms with Crippen molar-refractivity contribution in [2.24, 2.45) is 5.10 Å². The molecule has 0 aliphatic heterocycles. The van der Waals surface area contributed by atoms with Gasteiger partial charge in [-0.05, 0) is 29.8 Å². The van der Waals surface area contributed by atoms with Crippen molar-refractivity contribution in [3.63, 3.8) is 0 Å². The molecule has 0 spiro atoms. The lowest BCUT2D eigenvalue weighted by atomic mass is 10.2. The van der Waals surface area contributed by atoms with Crippen molar-refractivity contribution in [1.29, 1.82) is 0 Å². The molecule has 5 nitrogen and oxygen atoms in total. The van der Waals surface area contributed by atoms with Gasteiger partial charge in [0, 0.05) is 22.2 Å². The monoisotopic (exact) mass is 383 g/mol. The van der Waals surface area contributed by atoms with Crippen molar-refractivity contribution in [3.8, 4) is 0 Å². The first-order chi connectivity index (χ1) is 11.5. The number of carbonyl (C=O) groups is 2. The summed E-state index contributed by atoms with van der Waals surface area (Å²) in [6.07, 6.45) is 1.32. The molecule has 0 fully saturated rings. The average Bonchev–Trinajstić information content (AvgIpc) is 2.56. The van der Waals surface area contributed by atoms with Crippen LogP contribution in [-0.4, -0.2) is 18.0 Å². The van der Waals surface area contributed by atoms with Gasteiger partial charge in [0.15, 0.2) is 0 Å². The third-order valence-electron chi connectivity index (χ3n) is 2.90. The minimum atomic E-state index is -0.884. The van der Waals surface area contributed by atoms with Gasteiger partial charge < -0.3 is 5.32 Å². The minimum Gasteiger partial charge on any atom is -0.344 e. The molecule has 2 rings (SSSR count). The Labute approximate surface area is 153 Å². The highest BCUT2D eigenvalue weighted by Crippen LogP contribution is 2.19. The molecule has 2 aromatic rings. The molecule has 24 heavy (non-hydrogen) atoms. The Kier molecular flexibility index (Phi) is 6.61. The van der Waals surface area contributed by atoms with Crippen LogP contribution >= 0.6 is 34.8 Å². The fraction of sp³-hybridized carbons (Fsp3) is 0.0625. The predicted octanol–water partition coefficient (Wildman–Crippen LogP) is 3.41. The molecule has 0 saturated carbocycles. The van der Waals surface area contributed by atoms with Crippen molar-refractivity contribution in [2.75, 3.05) is 0 Å². The lowest BCUT2D eigenvalue weighted by molar-refractivity contribution is -0.139. The predicted molar refractivity (Wildman–Crippen MR) is 95.5 cm³/mol. The van der Waals surface area contributed by atoms with E-state index in [0.29, 0.717) is 20.6 Å². The van der Waals surface area contributed by atoms with Gasteiger partial charge in [-0.2, -0.15) is 5.10 Å². The van der Waals surface area contributed by atoms with Gasteiger partial charge in [-0.25, -0.2) is 5.43 Å². The van der Waals surface area contributed by atoms with Crippen molar-refractivity contribution in [1.82, 2.24) is 10.7 Å². The molecule has 0 bridgehead atoms. The molecule has 8 heteroatoms. The maximum absolute atomic E-state index is 11.7. The molecule has 0 unspecified atom stereocenters. The molecule has 124 valence electrons. The highest BCUT2D eigenvalue weighted by atomic mass is 35.5. The number of hydrazone groups is 1. The van der Waals surface area contributed by atoms with Crippen LogP contribution in [0.15, 0.2) is 47.6 Å². The minimum absolute atomic E-state index is 0.205. The lowest BCUT2D eigenvalue weighted by Crippen LogP contribution is -2.37. The molecule has 0 heterocycles. The lowest BCUT2D eigenvalue weighted by Gasteiger charge is -2.04. The highest BCUT2D eigenvalue weighted by Gasteiger charge is 2.11. The molecule has 0 saturated heterocycles. The smallest absolute Gasteiger partial charge is 0.329 e. The summed E-state index contributed by atoms with van der Waals surface area (Å²) >= 11 is 17.5. The summed E-state index contributed by atoms with van der Waals surface area (Å²) in [5.41, 5.74) is 3.50. The molecule has 0 aliphatic carbocycles. The Hall–Kier alpha value is -2.08. The molecule has 2 aromatic carbocycles. The number of nitrogens with zero attached hydrogens (tertiary/aromatic N) is 1. The van der Waals surface area contributed by atoms with E-state index in [1.165, 1.54) is 6.21 Å². The third kappa shape index (κ3) is 5.53. The van der Waals surface area contributed by atoms with Gasteiger partial charge in [-0.15, -0.1) is 0 Å². The molecular formula is C16H12Cl3N3O2. The Morgan fingerprint density at radius 1 is 0.958 bits per heavy atom. The highest BCUT2D eigenvalue weighted by molar-refractivity contribution is 6.36. The Bertz CT molecular complexity index is 777. The summed E-state index contributed by atoms with van der Waals surface area (Å²) < 4.78 is 0. The maximum Gasteiger partial charge on any atom is 0.329 e. The number of carbonyl (C=O) groups excluding carboxylic acids is 2. The number of nitrogens with one attached hydrogen (secondary N) is 2. The number of rotatable bonds is 4. The van der Waals surface area contributed by atoms with Crippen molar-refractivity contribution < 1.29 is 9.59 Å². The van der Waals surface area contributed by atoms with Crippen molar-refractivity contribution in [3.05, 3.63) is 68.7 Å². The van der Waals surface area contributed by atoms with Gasteiger partial charge in [-0.1, -0.05) is 53.0 Å². The Morgan fingerprint density at radius 2 is 1.62 bits per heavy atom. The summed E-state index contributed by atoms with van der Waals surface area (Å²) in [7, 11) is 0. The molecule has 0 aliphatic rings. The standard InChI is InChI=1S/C16H12Cl3N3O2/c17-12-4-1-10(2-5-12)8-20-15(23)16(24)22-21-9-11-3-6-13(18)7-14(11)19/h1-7,9H,8H2,(H,20,23)(H,22,24). The first-order valence-electron chi connectivity index (χ1n) is 6.76. The van der Waals surface area contributed by atoms with Gasteiger partial charge in [0.1, 0.15) is 0 Å². The zero-order valence-corrected chi connectivity index (χ0v) is 14.5. The van der Waals surface area contributed by atoms with E-state index in [1.807, 2.05) is 0 Å². The molecule has 0 aromatic heterocycles. The van der Waals surface area contributed by atoms with Crippen LogP contribution in [0.1, 0.15) is 11.1 Å². The summed E-state index contributed by atoms with van der Waals surface area (Å²) in [5.74, 6) is -1.69. The van der Waals surface area contributed by atoms with E-state index in [1.54, 1.807) is 42.5 Å². The van der Waals surface area contributed by atoms with Crippen LogP contribution in [0, 0.1) is 0 Å². The Morgan fingerprint density at radius 3 is 2.29 bits per heavy atom. The molecular weight excluding hydrogens is 373 g/mol. The molecule has 2 amide bonds. The van der Waals surface area contributed by atoms with E-state index in [9.17, 15) is 9.59 Å². The van der Waals surface area contributed by atoms with E-state index in [4.69, 9.17) is 34.8 Å². The largest absolute Gasteiger partial charge is 0.344 e. The van der Waals surface area contributed by atoms with E-state index in [2.05, 4.69) is 15.8 Å². The number of benzene rings is 2. The van der Waals surface area contributed by atoms with Crippen LogP contribution in [0.3, 0.4) is 0 Å². The van der Waals surface area contributed by atoms with Crippen LogP contribution in [0.4, 0.5) is 0 Å². The fourth-order valence-corrected chi connectivity index (χ4v) is 2.27. The number of halogens is 3. The second-order valence-electron chi connectivity index (χ2n) is 4.67. The van der Waals surface area contributed by atoms with Gasteiger partial charge in [-0.3, -0.25) is 9.59 Å². The van der Waals surface area contributed by atoms with Gasteiger partial charge >= 0.3 is 11.8 Å². The zero-order chi connectivity index (χ0) is 17.5. The SMILES string of the molecule is O=C(NCc1ccc(Cl)cc1)C(=O)NN=Cc1ccc(Cl)cc1Cl. The van der Waals surface area contributed by atoms with Gasteiger partial charge in [0.25, 0.3) is 0 Å². The molecule has 0 radical (unpaired) electrons. The van der Waals surface area contributed by atoms with Crippen molar-refractivity contribution in [2.45, 2.75) is 6.54 Å². The topological polar surface area (TPSA) is 70.6 Å². The van der Waals surface area contributed by atoms with Crippen LogP contribution in [-0.2, 0) is 16.1 Å².